The summed E-state index contributed by atoms with van der Waals surface area (Å²) in [6.45, 7) is 8.88. The Balaban J connectivity index is 2.42. The van der Waals surface area contributed by atoms with Gasteiger partial charge in [0.25, 0.3) is 0 Å². The van der Waals surface area contributed by atoms with Crippen LogP contribution in [0.25, 0.3) is 0 Å². The second kappa shape index (κ2) is 5.81. The van der Waals surface area contributed by atoms with E-state index in [1.807, 2.05) is 0 Å². The van der Waals surface area contributed by atoms with Crippen LogP contribution in [-0.2, 0) is 4.79 Å². The number of rotatable bonds is 5. The number of hydrogen-bond acceptors (Lipinski definition) is 2. The van der Waals surface area contributed by atoms with Crippen LogP contribution in [0.4, 0.5) is 0 Å². The van der Waals surface area contributed by atoms with E-state index in [2.05, 4.69) is 32.7 Å². The Morgan fingerprint density at radius 1 is 1.44 bits per heavy atom. The zero-order chi connectivity index (χ0) is 12.2. The molecule has 0 spiro atoms. The highest BCUT2D eigenvalue weighted by Gasteiger charge is 2.33. The molecule has 16 heavy (non-hydrogen) atoms. The summed E-state index contributed by atoms with van der Waals surface area (Å²) in [5.74, 6) is 0.772. The van der Waals surface area contributed by atoms with Crippen LogP contribution >= 0.6 is 0 Å². The van der Waals surface area contributed by atoms with Crippen LogP contribution in [0.3, 0.4) is 0 Å². The summed E-state index contributed by atoms with van der Waals surface area (Å²) in [5.41, 5.74) is 0.365. The summed E-state index contributed by atoms with van der Waals surface area (Å²) in [5, 5.41) is 0. The molecule has 0 heterocycles. The number of ketones is 1. The predicted octanol–water partition coefficient (Wildman–Crippen LogP) is 3.11. The Labute approximate surface area is 100 Å². The molecule has 1 fully saturated rings. The number of Topliss-reactive ketones (excluding diaryl/α,β-unsaturated/α-hetero) is 1. The second-order valence-electron chi connectivity index (χ2n) is 6.15. The lowest BCUT2D eigenvalue weighted by Crippen LogP contribution is -2.37. The van der Waals surface area contributed by atoms with Crippen molar-refractivity contribution in [2.24, 2.45) is 11.3 Å². The van der Waals surface area contributed by atoms with Gasteiger partial charge in [0.2, 0.25) is 0 Å². The molecule has 1 saturated carbocycles. The van der Waals surface area contributed by atoms with Gasteiger partial charge in [-0.3, -0.25) is 4.79 Å². The molecule has 0 amide bonds. The van der Waals surface area contributed by atoms with Gasteiger partial charge >= 0.3 is 0 Å². The van der Waals surface area contributed by atoms with Crippen molar-refractivity contribution in [3.05, 3.63) is 0 Å². The SMILES string of the molecule is CCCCN(C)CC1CC(C)(C)CCC1=O. The van der Waals surface area contributed by atoms with Crippen molar-refractivity contribution in [3.8, 4) is 0 Å². The lowest BCUT2D eigenvalue weighted by atomic mass is 9.71. The highest BCUT2D eigenvalue weighted by Crippen LogP contribution is 2.36. The highest BCUT2D eigenvalue weighted by molar-refractivity contribution is 5.82. The summed E-state index contributed by atoms with van der Waals surface area (Å²) in [6, 6.07) is 0. The van der Waals surface area contributed by atoms with Crippen molar-refractivity contribution in [3.63, 3.8) is 0 Å². The third-order valence-corrected chi connectivity index (χ3v) is 3.73. The van der Waals surface area contributed by atoms with Crippen molar-refractivity contribution in [1.82, 2.24) is 4.90 Å². The van der Waals surface area contributed by atoms with Crippen molar-refractivity contribution >= 4 is 5.78 Å². The van der Waals surface area contributed by atoms with E-state index in [-0.39, 0.29) is 5.92 Å². The third kappa shape index (κ3) is 4.25. The monoisotopic (exact) mass is 225 g/mol. The van der Waals surface area contributed by atoms with Gasteiger partial charge in [-0.1, -0.05) is 27.2 Å². The lowest BCUT2D eigenvalue weighted by Gasteiger charge is -2.36. The summed E-state index contributed by atoms with van der Waals surface area (Å²) in [4.78, 5) is 14.2. The molecule has 0 aromatic rings. The fourth-order valence-corrected chi connectivity index (χ4v) is 2.61. The zero-order valence-corrected chi connectivity index (χ0v) is 11.4. The Kier molecular flexibility index (Phi) is 4.97. The maximum Gasteiger partial charge on any atom is 0.137 e. The maximum atomic E-state index is 11.9. The average molecular weight is 225 g/mol. The van der Waals surface area contributed by atoms with E-state index in [9.17, 15) is 4.79 Å². The minimum atomic E-state index is 0.283. The largest absolute Gasteiger partial charge is 0.306 e. The first-order valence-electron chi connectivity index (χ1n) is 6.66. The maximum absolute atomic E-state index is 11.9. The van der Waals surface area contributed by atoms with E-state index in [0.29, 0.717) is 11.2 Å². The normalized spacial score (nSPS) is 25.1. The Morgan fingerprint density at radius 2 is 2.12 bits per heavy atom. The van der Waals surface area contributed by atoms with Crippen molar-refractivity contribution in [2.45, 2.75) is 52.9 Å². The quantitative estimate of drug-likeness (QED) is 0.716. The Hall–Kier alpha value is -0.370. The van der Waals surface area contributed by atoms with E-state index in [0.717, 1.165) is 32.4 Å². The van der Waals surface area contributed by atoms with E-state index in [1.165, 1.54) is 12.8 Å². The van der Waals surface area contributed by atoms with Crippen LogP contribution in [0.2, 0.25) is 0 Å². The third-order valence-electron chi connectivity index (χ3n) is 3.73. The number of hydrogen-bond donors (Lipinski definition) is 0. The van der Waals surface area contributed by atoms with Gasteiger partial charge in [0.05, 0.1) is 0 Å². The first-order valence-corrected chi connectivity index (χ1v) is 6.66. The van der Waals surface area contributed by atoms with Gasteiger partial charge in [0.1, 0.15) is 5.78 Å². The van der Waals surface area contributed by atoms with Gasteiger partial charge < -0.3 is 4.90 Å². The minimum absolute atomic E-state index is 0.283. The van der Waals surface area contributed by atoms with E-state index in [4.69, 9.17) is 0 Å². The van der Waals surface area contributed by atoms with Gasteiger partial charge in [0, 0.05) is 18.9 Å². The van der Waals surface area contributed by atoms with Crippen molar-refractivity contribution < 1.29 is 4.79 Å². The van der Waals surface area contributed by atoms with Crippen LogP contribution in [-0.4, -0.2) is 30.8 Å². The molecule has 1 aliphatic rings. The van der Waals surface area contributed by atoms with Crippen molar-refractivity contribution in [2.75, 3.05) is 20.1 Å². The molecule has 0 aromatic carbocycles. The molecule has 1 atom stereocenters. The minimum Gasteiger partial charge on any atom is -0.306 e. The predicted molar refractivity (Wildman–Crippen MR) is 68.5 cm³/mol. The molecule has 0 bridgehead atoms. The molecule has 94 valence electrons. The smallest absolute Gasteiger partial charge is 0.137 e. The lowest BCUT2D eigenvalue weighted by molar-refractivity contribution is -0.127. The highest BCUT2D eigenvalue weighted by atomic mass is 16.1. The molecular weight excluding hydrogens is 198 g/mol. The standard InChI is InChI=1S/C14H27NO/c1-5-6-9-15(4)11-12-10-14(2,3)8-7-13(12)16/h12H,5-11H2,1-4H3. The molecule has 0 aromatic heterocycles. The average Bonchev–Trinajstić information content (AvgIpc) is 2.20. The van der Waals surface area contributed by atoms with Gasteiger partial charge in [-0.25, -0.2) is 0 Å². The first kappa shape index (κ1) is 13.7. The summed E-state index contributed by atoms with van der Waals surface area (Å²) >= 11 is 0. The fraction of sp³-hybridized carbons (Fsp3) is 0.929. The summed E-state index contributed by atoms with van der Waals surface area (Å²) < 4.78 is 0. The van der Waals surface area contributed by atoms with E-state index < -0.39 is 0 Å². The Bertz CT molecular complexity index is 235. The molecule has 0 saturated heterocycles. The first-order chi connectivity index (χ1) is 7.44. The molecule has 1 rings (SSSR count). The van der Waals surface area contributed by atoms with Gasteiger partial charge in [-0.15, -0.1) is 0 Å². The van der Waals surface area contributed by atoms with Gasteiger partial charge in [0.15, 0.2) is 0 Å². The fourth-order valence-electron chi connectivity index (χ4n) is 2.61. The van der Waals surface area contributed by atoms with Crippen molar-refractivity contribution in [1.29, 1.82) is 0 Å². The number of carbonyl (C=O) groups excluding carboxylic acids is 1. The number of nitrogens with zero attached hydrogens (tertiary/aromatic N) is 1. The molecule has 0 radical (unpaired) electrons. The molecule has 1 aliphatic carbocycles. The molecular formula is C14H27NO. The van der Waals surface area contributed by atoms with Crippen LogP contribution in [0.1, 0.15) is 52.9 Å². The summed E-state index contributed by atoms with van der Waals surface area (Å²) in [6.07, 6.45) is 5.40. The number of carbonyl (C=O) groups is 1. The van der Waals surface area contributed by atoms with Crippen LogP contribution in [0, 0.1) is 11.3 Å². The van der Waals surface area contributed by atoms with Gasteiger partial charge in [-0.2, -0.15) is 0 Å². The van der Waals surface area contributed by atoms with Crippen LogP contribution in [0.15, 0.2) is 0 Å². The molecule has 0 N–H and O–H groups in total. The van der Waals surface area contributed by atoms with Gasteiger partial charge in [-0.05, 0) is 38.3 Å². The second-order valence-corrected chi connectivity index (χ2v) is 6.15. The zero-order valence-electron chi connectivity index (χ0n) is 11.4. The molecule has 1 unspecified atom stereocenters. The Morgan fingerprint density at radius 3 is 2.75 bits per heavy atom. The molecule has 2 nitrogen and oxygen atoms in total. The van der Waals surface area contributed by atoms with Crippen LogP contribution in [0.5, 0.6) is 0 Å². The van der Waals surface area contributed by atoms with Crippen LogP contribution < -0.4 is 0 Å². The van der Waals surface area contributed by atoms with E-state index >= 15 is 0 Å². The summed E-state index contributed by atoms with van der Waals surface area (Å²) in [7, 11) is 2.14. The topological polar surface area (TPSA) is 20.3 Å². The molecule has 0 aliphatic heterocycles. The number of unbranched alkanes of at least 4 members (excludes halogenated alkanes) is 1. The van der Waals surface area contributed by atoms with E-state index in [1.54, 1.807) is 0 Å². The molecule has 2 heteroatoms.